The predicted molar refractivity (Wildman–Crippen MR) is 146 cm³/mol. The van der Waals surface area contributed by atoms with Crippen LogP contribution in [0.2, 0.25) is 0 Å². The Labute approximate surface area is 226 Å². The quantitative estimate of drug-likeness (QED) is 0.304. The SMILES string of the molecule is COc1ccc(OC)c(N(C(=O)Cn2nnc3ccccc32)[C@H](C(=O)NCCC(C)C)c2ccc(F)cc2)c1. The molecule has 1 N–H and O–H groups in total. The molecule has 0 bridgehead atoms. The molecule has 204 valence electrons. The van der Waals surface area contributed by atoms with Crippen molar-refractivity contribution in [1.82, 2.24) is 20.3 Å². The number of carbonyl (C=O) groups excluding carboxylic acids is 2. The number of halogens is 1. The Morgan fingerprint density at radius 1 is 1.03 bits per heavy atom. The Hall–Kier alpha value is -4.47. The highest BCUT2D eigenvalue weighted by Crippen LogP contribution is 2.38. The monoisotopic (exact) mass is 533 g/mol. The normalized spacial score (nSPS) is 11.8. The Kier molecular flexibility index (Phi) is 8.75. The Morgan fingerprint density at radius 2 is 1.77 bits per heavy atom. The zero-order valence-corrected chi connectivity index (χ0v) is 22.4. The number of methoxy groups -OCH3 is 2. The van der Waals surface area contributed by atoms with Gasteiger partial charge in [-0.25, -0.2) is 9.07 Å². The molecule has 2 amide bonds. The van der Waals surface area contributed by atoms with Crippen LogP contribution >= 0.6 is 0 Å². The predicted octanol–water partition coefficient (Wildman–Crippen LogP) is 4.52. The number of anilines is 1. The summed E-state index contributed by atoms with van der Waals surface area (Å²) >= 11 is 0. The van der Waals surface area contributed by atoms with Crippen molar-refractivity contribution in [2.24, 2.45) is 5.92 Å². The van der Waals surface area contributed by atoms with Crippen molar-refractivity contribution >= 4 is 28.5 Å². The first-order chi connectivity index (χ1) is 18.8. The van der Waals surface area contributed by atoms with E-state index < -0.39 is 23.7 Å². The molecule has 0 fully saturated rings. The van der Waals surface area contributed by atoms with E-state index in [9.17, 15) is 14.0 Å². The average Bonchev–Trinajstić information content (AvgIpc) is 3.34. The zero-order chi connectivity index (χ0) is 27.9. The van der Waals surface area contributed by atoms with E-state index in [4.69, 9.17) is 9.47 Å². The molecule has 1 aromatic heterocycles. The van der Waals surface area contributed by atoms with Gasteiger partial charge in [-0.05, 0) is 54.3 Å². The Balaban J connectivity index is 1.84. The molecule has 0 saturated heterocycles. The molecule has 1 atom stereocenters. The molecule has 0 unspecified atom stereocenters. The largest absolute Gasteiger partial charge is 0.497 e. The summed E-state index contributed by atoms with van der Waals surface area (Å²) in [5.74, 6) is -0.132. The summed E-state index contributed by atoms with van der Waals surface area (Å²) in [6.45, 7) is 4.32. The van der Waals surface area contributed by atoms with Gasteiger partial charge in [-0.1, -0.05) is 43.3 Å². The number of nitrogens with one attached hydrogen (secondary N) is 1. The van der Waals surface area contributed by atoms with Gasteiger partial charge in [-0.15, -0.1) is 5.10 Å². The van der Waals surface area contributed by atoms with Gasteiger partial charge in [-0.2, -0.15) is 0 Å². The maximum Gasteiger partial charge on any atom is 0.249 e. The second-order valence-electron chi connectivity index (χ2n) is 9.46. The molecule has 39 heavy (non-hydrogen) atoms. The van der Waals surface area contributed by atoms with Gasteiger partial charge in [0.15, 0.2) is 0 Å². The number of fused-ring (bicyclic) bond motifs is 1. The van der Waals surface area contributed by atoms with Gasteiger partial charge in [0.2, 0.25) is 11.8 Å². The van der Waals surface area contributed by atoms with E-state index in [1.54, 1.807) is 24.3 Å². The molecule has 0 aliphatic rings. The molecule has 0 radical (unpaired) electrons. The molecule has 10 heteroatoms. The number of rotatable bonds is 11. The molecule has 0 aliphatic carbocycles. The summed E-state index contributed by atoms with van der Waals surface area (Å²) in [5, 5.41) is 11.3. The molecular formula is C29H32FN5O4. The average molecular weight is 534 g/mol. The number of hydrogen-bond donors (Lipinski definition) is 1. The van der Waals surface area contributed by atoms with Crippen LogP contribution < -0.4 is 19.7 Å². The molecule has 9 nitrogen and oxygen atoms in total. The number of benzene rings is 3. The van der Waals surface area contributed by atoms with E-state index in [0.29, 0.717) is 46.2 Å². The van der Waals surface area contributed by atoms with Crippen molar-refractivity contribution in [2.45, 2.75) is 32.9 Å². The van der Waals surface area contributed by atoms with Crippen LogP contribution in [-0.2, 0) is 16.1 Å². The van der Waals surface area contributed by atoms with E-state index in [2.05, 4.69) is 29.5 Å². The van der Waals surface area contributed by atoms with Gasteiger partial charge in [0.05, 0.1) is 25.4 Å². The lowest BCUT2D eigenvalue weighted by molar-refractivity contribution is -0.127. The second kappa shape index (κ2) is 12.4. The minimum Gasteiger partial charge on any atom is -0.497 e. The molecule has 3 aromatic carbocycles. The van der Waals surface area contributed by atoms with Gasteiger partial charge in [0, 0.05) is 12.6 Å². The highest BCUT2D eigenvalue weighted by atomic mass is 19.1. The van der Waals surface area contributed by atoms with E-state index in [1.165, 1.54) is 48.1 Å². The highest BCUT2D eigenvalue weighted by molar-refractivity contribution is 6.02. The number of ether oxygens (including phenoxy) is 2. The van der Waals surface area contributed by atoms with Crippen LogP contribution in [0.5, 0.6) is 11.5 Å². The first-order valence-corrected chi connectivity index (χ1v) is 12.7. The van der Waals surface area contributed by atoms with E-state index >= 15 is 0 Å². The summed E-state index contributed by atoms with van der Waals surface area (Å²) in [7, 11) is 2.99. The van der Waals surface area contributed by atoms with Gasteiger partial charge in [0.25, 0.3) is 0 Å². The zero-order valence-electron chi connectivity index (χ0n) is 22.4. The van der Waals surface area contributed by atoms with Crippen LogP contribution in [-0.4, -0.2) is 47.6 Å². The van der Waals surface area contributed by atoms with Crippen LogP contribution in [0.4, 0.5) is 10.1 Å². The van der Waals surface area contributed by atoms with Gasteiger partial charge >= 0.3 is 0 Å². The molecule has 1 heterocycles. The van der Waals surface area contributed by atoms with E-state index in [1.807, 2.05) is 18.2 Å². The summed E-state index contributed by atoms with van der Waals surface area (Å²) < 4.78 is 26.4. The molecule has 0 saturated carbocycles. The van der Waals surface area contributed by atoms with Crippen LogP contribution in [0.15, 0.2) is 66.7 Å². The van der Waals surface area contributed by atoms with Gasteiger partial charge < -0.3 is 14.8 Å². The fourth-order valence-electron chi connectivity index (χ4n) is 4.28. The molecule has 0 spiro atoms. The minimum atomic E-state index is -1.14. The van der Waals surface area contributed by atoms with Crippen molar-refractivity contribution in [3.8, 4) is 11.5 Å². The lowest BCUT2D eigenvalue weighted by Gasteiger charge is -2.32. The number of nitrogens with zero attached hydrogens (tertiary/aromatic N) is 4. The fraction of sp³-hybridized carbons (Fsp3) is 0.310. The van der Waals surface area contributed by atoms with Crippen molar-refractivity contribution in [2.75, 3.05) is 25.7 Å². The van der Waals surface area contributed by atoms with Crippen molar-refractivity contribution < 1.29 is 23.5 Å². The van der Waals surface area contributed by atoms with Crippen molar-refractivity contribution in [3.05, 3.63) is 78.1 Å². The van der Waals surface area contributed by atoms with Gasteiger partial charge in [-0.3, -0.25) is 14.5 Å². The third kappa shape index (κ3) is 6.34. The fourth-order valence-corrected chi connectivity index (χ4v) is 4.28. The summed E-state index contributed by atoms with van der Waals surface area (Å²) in [4.78, 5) is 29.3. The third-order valence-corrected chi connectivity index (χ3v) is 6.33. The summed E-state index contributed by atoms with van der Waals surface area (Å²) in [5.41, 5.74) is 2.06. The number of amides is 2. The van der Waals surface area contributed by atoms with Crippen molar-refractivity contribution in [1.29, 1.82) is 0 Å². The van der Waals surface area contributed by atoms with Crippen molar-refractivity contribution in [3.63, 3.8) is 0 Å². The number of para-hydroxylation sites is 1. The maximum atomic E-state index is 14.2. The van der Waals surface area contributed by atoms with E-state index in [0.717, 1.165) is 6.42 Å². The first kappa shape index (κ1) is 27.6. The maximum absolute atomic E-state index is 14.2. The minimum absolute atomic E-state index is 0.210. The Morgan fingerprint density at radius 3 is 2.46 bits per heavy atom. The number of carbonyl (C=O) groups is 2. The molecule has 0 aliphatic heterocycles. The van der Waals surface area contributed by atoms with Crippen LogP contribution in [0.25, 0.3) is 11.0 Å². The topological polar surface area (TPSA) is 98.6 Å². The molecular weight excluding hydrogens is 501 g/mol. The smallest absolute Gasteiger partial charge is 0.249 e. The van der Waals surface area contributed by atoms with Crippen LogP contribution in [0.1, 0.15) is 31.9 Å². The second-order valence-corrected chi connectivity index (χ2v) is 9.46. The highest BCUT2D eigenvalue weighted by Gasteiger charge is 2.35. The van der Waals surface area contributed by atoms with E-state index in [-0.39, 0.29) is 6.54 Å². The molecule has 4 aromatic rings. The lowest BCUT2D eigenvalue weighted by atomic mass is 10.0. The number of aromatic nitrogens is 3. The third-order valence-electron chi connectivity index (χ3n) is 6.33. The molecule has 4 rings (SSSR count). The van der Waals surface area contributed by atoms with Crippen LogP contribution in [0, 0.1) is 11.7 Å². The van der Waals surface area contributed by atoms with Gasteiger partial charge in [0.1, 0.15) is 35.4 Å². The summed E-state index contributed by atoms with van der Waals surface area (Å²) in [6, 6.07) is 16.7. The van der Waals surface area contributed by atoms with Crippen LogP contribution in [0.3, 0.4) is 0 Å². The summed E-state index contributed by atoms with van der Waals surface area (Å²) in [6.07, 6.45) is 0.753. The lowest BCUT2D eigenvalue weighted by Crippen LogP contribution is -2.45. The Bertz CT molecular complexity index is 1440. The first-order valence-electron chi connectivity index (χ1n) is 12.7. The standard InChI is InChI=1S/C29H32FN5O4/c1-19(2)15-16-31-29(37)28(20-9-11-21(30)12-10-20)35(25-17-22(38-3)13-14-26(25)39-4)27(36)18-34-24-8-6-5-7-23(24)32-33-34/h5-14,17,19,28H,15-16,18H2,1-4H3,(H,31,37)/t28-/m0/s1. The number of hydrogen-bond acceptors (Lipinski definition) is 6.